The van der Waals surface area contributed by atoms with Crippen LogP contribution in [0.3, 0.4) is 0 Å². The van der Waals surface area contributed by atoms with E-state index >= 15 is 0 Å². The molecule has 1 N–H and O–H groups in total. The molecule has 0 fully saturated rings. The van der Waals surface area contributed by atoms with Crippen LogP contribution in [0.4, 0.5) is 5.69 Å². The molecule has 0 saturated heterocycles. The van der Waals surface area contributed by atoms with E-state index in [1.165, 1.54) is 0 Å². The molecule has 4 heteroatoms. The van der Waals surface area contributed by atoms with E-state index in [0.29, 0.717) is 18.6 Å². The van der Waals surface area contributed by atoms with Gasteiger partial charge in [0, 0.05) is 24.1 Å². The molecule has 0 bridgehead atoms. The fourth-order valence-corrected chi connectivity index (χ4v) is 3.02. The molecule has 2 rings (SSSR count). The monoisotopic (exact) mass is 264 g/mol. The van der Waals surface area contributed by atoms with E-state index < -0.39 is 0 Å². The summed E-state index contributed by atoms with van der Waals surface area (Å²) in [5.41, 5.74) is 2.26. The third kappa shape index (κ3) is 3.27. The molecule has 0 spiro atoms. The summed E-state index contributed by atoms with van der Waals surface area (Å²) in [5, 5.41) is 4.44. The summed E-state index contributed by atoms with van der Waals surface area (Å²) in [6, 6.07) is 8.64. The Hall–Kier alpha value is -1.000. The van der Waals surface area contributed by atoms with Crippen molar-refractivity contribution in [3.05, 3.63) is 29.8 Å². The van der Waals surface area contributed by atoms with Gasteiger partial charge in [-0.2, -0.15) is 0 Å². The van der Waals surface area contributed by atoms with Gasteiger partial charge in [0.1, 0.15) is 0 Å². The van der Waals surface area contributed by atoms with Crippen molar-refractivity contribution >= 4 is 22.6 Å². The number of methoxy groups -OCH3 is 1. The van der Waals surface area contributed by atoms with Crippen LogP contribution in [0.1, 0.15) is 19.4 Å². The van der Waals surface area contributed by atoms with E-state index in [0.717, 1.165) is 22.2 Å². The van der Waals surface area contributed by atoms with E-state index in [1.54, 1.807) is 18.9 Å². The Balaban J connectivity index is 2.08. The molecule has 1 aromatic carbocycles. The largest absolute Gasteiger partial charge is 0.380 e. The Bertz CT molecular complexity index is 432. The van der Waals surface area contributed by atoms with Crippen LogP contribution in [-0.2, 0) is 11.3 Å². The highest BCUT2D eigenvalue weighted by Crippen LogP contribution is 2.25. The number of ether oxygens (including phenoxy) is 1. The molecular formula is C14H20N2OS. The molecule has 0 aliphatic carbocycles. The van der Waals surface area contributed by atoms with E-state index in [2.05, 4.69) is 31.3 Å². The van der Waals surface area contributed by atoms with Crippen LogP contribution >= 0.6 is 11.8 Å². The third-order valence-corrected chi connectivity index (χ3v) is 3.99. The standard InChI is InChI=1S/C14H20N2OS/c1-10(2)13-9-18-14(16-13)15-12-7-5-4-6-11(12)8-17-3/h4-7,10,13H,8-9H2,1-3H3,(H,15,16)/t13-/m1/s1. The van der Waals surface area contributed by atoms with Gasteiger partial charge in [0.2, 0.25) is 0 Å². The van der Waals surface area contributed by atoms with Gasteiger partial charge in [0.25, 0.3) is 0 Å². The van der Waals surface area contributed by atoms with Gasteiger partial charge < -0.3 is 10.1 Å². The van der Waals surface area contributed by atoms with Gasteiger partial charge in [-0.1, -0.05) is 43.8 Å². The van der Waals surface area contributed by atoms with Gasteiger partial charge in [-0.3, -0.25) is 4.99 Å². The Morgan fingerprint density at radius 2 is 2.22 bits per heavy atom. The number of nitrogens with zero attached hydrogens (tertiary/aromatic N) is 1. The average molecular weight is 264 g/mol. The summed E-state index contributed by atoms with van der Waals surface area (Å²) in [6.07, 6.45) is 0. The van der Waals surface area contributed by atoms with Crippen molar-refractivity contribution in [2.75, 3.05) is 18.2 Å². The molecule has 1 atom stereocenters. The lowest BCUT2D eigenvalue weighted by Crippen LogP contribution is -2.12. The first kappa shape index (κ1) is 13.4. The van der Waals surface area contributed by atoms with Gasteiger partial charge in [-0.15, -0.1) is 0 Å². The van der Waals surface area contributed by atoms with Crippen LogP contribution < -0.4 is 5.32 Å². The molecule has 0 radical (unpaired) electrons. The van der Waals surface area contributed by atoms with E-state index in [9.17, 15) is 0 Å². The zero-order valence-corrected chi connectivity index (χ0v) is 12.0. The fraction of sp³-hybridized carbons (Fsp3) is 0.500. The quantitative estimate of drug-likeness (QED) is 0.905. The molecule has 0 amide bonds. The second-order valence-electron chi connectivity index (χ2n) is 4.77. The molecule has 3 nitrogen and oxygen atoms in total. The number of rotatable bonds is 4. The second-order valence-corrected chi connectivity index (χ2v) is 5.78. The Morgan fingerprint density at radius 1 is 1.44 bits per heavy atom. The molecule has 0 saturated carbocycles. The van der Waals surface area contributed by atoms with Crippen molar-refractivity contribution in [1.29, 1.82) is 0 Å². The minimum Gasteiger partial charge on any atom is -0.380 e. The molecule has 0 unspecified atom stereocenters. The third-order valence-electron chi connectivity index (χ3n) is 3.00. The zero-order valence-electron chi connectivity index (χ0n) is 11.1. The Labute approximate surface area is 113 Å². The number of hydrogen-bond donors (Lipinski definition) is 1. The maximum Gasteiger partial charge on any atom is 0.161 e. The maximum absolute atomic E-state index is 5.21. The topological polar surface area (TPSA) is 33.6 Å². The maximum atomic E-state index is 5.21. The predicted octanol–water partition coefficient (Wildman–Crippen LogP) is 3.37. The van der Waals surface area contributed by atoms with Gasteiger partial charge in [0.05, 0.1) is 12.6 Å². The molecular weight excluding hydrogens is 244 g/mol. The number of benzene rings is 1. The van der Waals surface area contributed by atoms with Crippen molar-refractivity contribution in [3.8, 4) is 0 Å². The first-order valence-corrected chi connectivity index (χ1v) is 7.23. The normalized spacial score (nSPS) is 19.1. The summed E-state index contributed by atoms with van der Waals surface area (Å²) in [6.45, 7) is 5.06. The van der Waals surface area contributed by atoms with Gasteiger partial charge >= 0.3 is 0 Å². The molecule has 1 heterocycles. The number of hydrogen-bond acceptors (Lipinski definition) is 4. The molecule has 1 aromatic rings. The highest BCUT2D eigenvalue weighted by Gasteiger charge is 2.21. The summed E-state index contributed by atoms with van der Waals surface area (Å²) in [5.74, 6) is 1.68. The van der Waals surface area contributed by atoms with E-state index in [4.69, 9.17) is 9.73 Å². The smallest absolute Gasteiger partial charge is 0.161 e. The lowest BCUT2D eigenvalue weighted by molar-refractivity contribution is 0.185. The van der Waals surface area contributed by atoms with Crippen LogP contribution in [0.15, 0.2) is 29.3 Å². The van der Waals surface area contributed by atoms with Crippen LogP contribution in [0.5, 0.6) is 0 Å². The van der Waals surface area contributed by atoms with E-state index in [-0.39, 0.29) is 0 Å². The Kier molecular flexibility index (Phi) is 4.66. The molecule has 18 heavy (non-hydrogen) atoms. The van der Waals surface area contributed by atoms with Gasteiger partial charge in [-0.05, 0) is 12.0 Å². The van der Waals surface area contributed by atoms with E-state index in [1.807, 2.05) is 12.1 Å². The first-order chi connectivity index (χ1) is 8.70. The number of aliphatic imine (C=N–C) groups is 1. The first-order valence-electron chi connectivity index (χ1n) is 6.25. The second kappa shape index (κ2) is 6.25. The van der Waals surface area contributed by atoms with Crippen LogP contribution in [0.2, 0.25) is 0 Å². The summed E-state index contributed by atoms with van der Waals surface area (Å²) >= 11 is 1.80. The number of anilines is 1. The van der Waals surface area contributed by atoms with Crippen molar-refractivity contribution in [2.45, 2.75) is 26.5 Å². The summed E-state index contributed by atoms with van der Waals surface area (Å²) in [7, 11) is 1.72. The number of para-hydroxylation sites is 1. The Morgan fingerprint density at radius 3 is 2.89 bits per heavy atom. The fourth-order valence-electron chi connectivity index (χ4n) is 1.84. The SMILES string of the molecule is COCc1ccccc1NC1=N[C@@H](C(C)C)CS1. The van der Waals surface area contributed by atoms with Crippen LogP contribution in [0, 0.1) is 5.92 Å². The van der Waals surface area contributed by atoms with Crippen molar-refractivity contribution in [3.63, 3.8) is 0 Å². The van der Waals surface area contributed by atoms with Crippen LogP contribution in [-0.4, -0.2) is 24.1 Å². The van der Waals surface area contributed by atoms with Gasteiger partial charge in [0.15, 0.2) is 5.17 Å². The highest BCUT2D eigenvalue weighted by molar-refractivity contribution is 8.14. The van der Waals surface area contributed by atoms with Crippen molar-refractivity contribution in [2.24, 2.45) is 10.9 Å². The van der Waals surface area contributed by atoms with Gasteiger partial charge in [-0.25, -0.2) is 0 Å². The lowest BCUT2D eigenvalue weighted by atomic mass is 10.1. The average Bonchev–Trinajstić information content (AvgIpc) is 2.81. The highest BCUT2D eigenvalue weighted by atomic mass is 32.2. The summed E-state index contributed by atoms with van der Waals surface area (Å²) in [4.78, 5) is 4.71. The van der Waals surface area contributed by atoms with Crippen LogP contribution in [0.25, 0.3) is 0 Å². The summed E-state index contributed by atoms with van der Waals surface area (Å²) < 4.78 is 5.21. The number of amidine groups is 1. The van der Waals surface area contributed by atoms with Crippen molar-refractivity contribution in [1.82, 2.24) is 0 Å². The minimum atomic E-state index is 0.437. The van der Waals surface area contributed by atoms with Crippen molar-refractivity contribution < 1.29 is 4.74 Å². The number of thioether (sulfide) groups is 1. The molecule has 98 valence electrons. The molecule has 1 aliphatic rings. The molecule has 0 aromatic heterocycles. The number of nitrogens with one attached hydrogen (secondary N) is 1. The molecule has 1 aliphatic heterocycles. The minimum absolute atomic E-state index is 0.437. The predicted molar refractivity (Wildman–Crippen MR) is 79.3 cm³/mol. The lowest BCUT2D eigenvalue weighted by Gasteiger charge is -2.10. The zero-order chi connectivity index (χ0) is 13.0.